The fourth-order valence-corrected chi connectivity index (χ4v) is 8.43. The number of rotatable bonds is 9. The highest BCUT2D eigenvalue weighted by Gasteiger charge is 2.65. The molecule has 10 nitrogen and oxygen atoms in total. The van der Waals surface area contributed by atoms with Crippen molar-refractivity contribution in [2.24, 2.45) is 11.8 Å². The summed E-state index contributed by atoms with van der Waals surface area (Å²) in [6, 6.07) is 22.5. The standard InChI is InChI=1S/C36H32N6O4S/c1-24-2-8-29(9-3-24)47(45,46)41-22-30-31(23-41)34(30)42-33(18-32(43)28-6-4-27(21-37)5-7-28)40-36(35(42)44,19-25-10-14-38-15-11-25)20-26-12-16-39-17-13-26/h2-18,30-31,34,40H,19-20,22-23H2,1H3/b33-18+/t30-,31+,34+. The number of piperidine rings is 1. The van der Waals surface area contributed by atoms with Gasteiger partial charge in [0.25, 0.3) is 5.91 Å². The molecule has 3 aliphatic rings. The molecule has 1 N–H and O–H groups in total. The molecule has 1 saturated carbocycles. The number of pyridine rings is 2. The van der Waals surface area contributed by atoms with Gasteiger partial charge in [-0.3, -0.25) is 24.5 Å². The van der Waals surface area contributed by atoms with Crippen molar-refractivity contribution in [3.8, 4) is 6.07 Å². The Kier molecular flexibility index (Phi) is 7.70. The monoisotopic (exact) mass is 644 g/mol. The molecule has 2 aromatic heterocycles. The Balaban J connectivity index is 1.23. The topological polar surface area (TPSA) is 136 Å². The molecule has 4 heterocycles. The minimum Gasteiger partial charge on any atom is -0.357 e. The van der Waals surface area contributed by atoms with E-state index in [0.29, 0.717) is 29.8 Å². The zero-order valence-corrected chi connectivity index (χ0v) is 26.5. The van der Waals surface area contributed by atoms with Crippen molar-refractivity contribution in [1.29, 1.82) is 5.26 Å². The molecule has 1 amide bonds. The lowest BCUT2D eigenvalue weighted by atomic mass is 9.85. The van der Waals surface area contributed by atoms with Crippen LogP contribution in [0, 0.1) is 30.1 Å². The number of aromatic nitrogens is 2. The van der Waals surface area contributed by atoms with Crippen molar-refractivity contribution in [2.45, 2.75) is 36.2 Å². The number of fused-ring (bicyclic) bond motifs is 1. The van der Waals surface area contributed by atoms with E-state index in [1.807, 2.05) is 31.2 Å². The zero-order chi connectivity index (χ0) is 32.8. The van der Waals surface area contributed by atoms with Crippen LogP contribution in [0.5, 0.6) is 0 Å². The van der Waals surface area contributed by atoms with Gasteiger partial charge in [-0.1, -0.05) is 17.7 Å². The highest BCUT2D eigenvalue weighted by atomic mass is 32.2. The average molecular weight is 645 g/mol. The summed E-state index contributed by atoms with van der Waals surface area (Å²) >= 11 is 0. The van der Waals surface area contributed by atoms with Crippen molar-refractivity contribution < 1.29 is 18.0 Å². The van der Waals surface area contributed by atoms with Crippen LogP contribution in [0.1, 0.15) is 32.6 Å². The highest BCUT2D eigenvalue weighted by Crippen LogP contribution is 2.53. The van der Waals surface area contributed by atoms with E-state index in [1.165, 1.54) is 10.4 Å². The first kappa shape index (κ1) is 30.5. The fraction of sp³-hybridized carbons (Fsp3) is 0.250. The lowest BCUT2D eigenvalue weighted by molar-refractivity contribution is -0.132. The Morgan fingerprint density at radius 1 is 0.915 bits per heavy atom. The van der Waals surface area contributed by atoms with E-state index in [-0.39, 0.29) is 47.6 Å². The highest BCUT2D eigenvalue weighted by molar-refractivity contribution is 7.89. The summed E-state index contributed by atoms with van der Waals surface area (Å²) in [5.74, 6) is -0.246. The molecule has 0 bridgehead atoms. The molecule has 0 spiro atoms. The summed E-state index contributed by atoms with van der Waals surface area (Å²) < 4.78 is 28.4. The van der Waals surface area contributed by atoms with Crippen LogP contribution in [0.4, 0.5) is 0 Å². The number of hydrogen-bond donors (Lipinski definition) is 1. The van der Waals surface area contributed by atoms with Crippen LogP contribution in [-0.4, -0.2) is 64.0 Å². The van der Waals surface area contributed by atoms with Crippen molar-refractivity contribution in [3.63, 3.8) is 0 Å². The third-order valence-corrected chi connectivity index (χ3v) is 11.2. The number of allylic oxidation sites excluding steroid dienone is 1. The van der Waals surface area contributed by atoms with Gasteiger partial charge < -0.3 is 5.32 Å². The maximum absolute atomic E-state index is 14.8. The number of nitrogens with zero attached hydrogens (tertiary/aromatic N) is 5. The fourth-order valence-electron chi connectivity index (χ4n) is 6.91. The molecule has 3 atom stereocenters. The lowest BCUT2D eigenvalue weighted by Crippen LogP contribution is -2.51. The number of benzene rings is 2. The molecule has 4 aromatic rings. The molecular formula is C36H32N6O4S. The SMILES string of the molecule is Cc1ccc(S(=O)(=O)N2C[C@@H]3[C@H](C2)[C@H]3N2C(=O)C(Cc3ccncc3)(Cc3ccncc3)N/C2=C\C(=O)c2ccc(C#N)cc2)cc1. The number of nitrogens with one attached hydrogen (secondary N) is 1. The predicted octanol–water partition coefficient (Wildman–Crippen LogP) is 3.66. The van der Waals surface area contributed by atoms with E-state index >= 15 is 0 Å². The van der Waals surface area contributed by atoms with Gasteiger partial charge >= 0.3 is 0 Å². The van der Waals surface area contributed by atoms with Gasteiger partial charge in [0, 0.05) is 80.2 Å². The molecule has 3 fully saturated rings. The van der Waals surface area contributed by atoms with Crippen LogP contribution in [0.2, 0.25) is 0 Å². The van der Waals surface area contributed by atoms with Gasteiger partial charge in [-0.25, -0.2) is 8.42 Å². The molecule has 2 saturated heterocycles. The summed E-state index contributed by atoms with van der Waals surface area (Å²) in [6.45, 7) is 2.48. The number of sulfonamides is 1. The molecule has 1 aliphatic carbocycles. The summed E-state index contributed by atoms with van der Waals surface area (Å²) in [5.41, 5.74) is 2.49. The molecule has 11 heteroatoms. The normalized spacial score (nSPS) is 22.5. The van der Waals surface area contributed by atoms with Gasteiger partial charge in [0.2, 0.25) is 10.0 Å². The van der Waals surface area contributed by atoms with E-state index in [1.54, 1.807) is 78.2 Å². The van der Waals surface area contributed by atoms with E-state index in [4.69, 9.17) is 0 Å². The van der Waals surface area contributed by atoms with E-state index in [2.05, 4.69) is 21.4 Å². The van der Waals surface area contributed by atoms with Crippen LogP contribution in [-0.2, 0) is 27.7 Å². The number of carbonyl (C=O) groups is 2. The van der Waals surface area contributed by atoms with E-state index < -0.39 is 15.6 Å². The van der Waals surface area contributed by atoms with Crippen molar-refractivity contribution in [2.75, 3.05) is 13.1 Å². The Bertz CT molecular complexity index is 1960. The Morgan fingerprint density at radius 3 is 2.00 bits per heavy atom. The molecule has 2 aromatic carbocycles. The number of amides is 1. The average Bonchev–Trinajstić information content (AvgIpc) is 3.41. The third-order valence-electron chi connectivity index (χ3n) is 9.40. The summed E-state index contributed by atoms with van der Waals surface area (Å²) in [6.07, 6.45) is 8.88. The Labute approximate surface area is 273 Å². The minimum atomic E-state index is -3.69. The minimum absolute atomic E-state index is 0.0768. The lowest BCUT2D eigenvalue weighted by Gasteiger charge is -2.28. The quantitative estimate of drug-likeness (QED) is 0.216. The van der Waals surface area contributed by atoms with Crippen LogP contribution >= 0.6 is 0 Å². The van der Waals surface area contributed by atoms with Gasteiger partial charge in [0.1, 0.15) is 11.4 Å². The number of hydrogen-bond acceptors (Lipinski definition) is 8. The van der Waals surface area contributed by atoms with Gasteiger partial charge in [-0.05, 0) is 78.7 Å². The van der Waals surface area contributed by atoms with Gasteiger partial charge in [-0.15, -0.1) is 0 Å². The zero-order valence-electron chi connectivity index (χ0n) is 25.7. The predicted molar refractivity (Wildman–Crippen MR) is 173 cm³/mol. The van der Waals surface area contributed by atoms with Gasteiger partial charge in [-0.2, -0.15) is 9.57 Å². The van der Waals surface area contributed by atoms with Crippen LogP contribution in [0.15, 0.2) is 114 Å². The largest absolute Gasteiger partial charge is 0.357 e. The van der Waals surface area contributed by atoms with Crippen LogP contribution in [0.25, 0.3) is 0 Å². The van der Waals surface area contributed by atoms with Gasteiger partial charge in [0.15, 0.2) is 5.78 Å². The first-order chi connectivity index (χ1) is 22.7. The first-order valence-electron chi connectivity index (χ1n) is 15.4. The maximum Gasteiger partial charge on any atom is 0.254 e. The molecule has 47 heavy (non-hydrogen) atoms. The van der Waals surface area contributed by atoms with Crippen molar-refractivity contribution in [3.05, 3.63) is 137 Å². The molecule has 0 radical (unpaired) electrons. The third kappa shape index (κ3) is 5.71. The molecular weight excluding hydrogens is 613 g/mol. The number of carbonyl (C=O) groups excluding carboxylic acids is 2. The summed E-state index contributed by atoms with van der Waals surface area (Å²) in [4.78, 5) is 38.6. The van der Waals surface area contributed by atoms with Crippen LogP contribution < -0.4 is 5.32 Å². The number of nitriles is 1. The van der Waals surface area contributed by atoms with E-state index in [9.17, 15) is 23.3 Å². The molecule has 7 rings (SSSR count). The summed E-state index contributed by atoms with van der Waals surface area (Å²) in [5, 5.41) is 12.7. The molecule has 2 aliphatic heterocycles. The van der Waals surface area contributed by atoms with Crippen LogP contribution in [0.3, 0.4) is 0 Å². The van der Waals surface area contributed by atoms with Crippen molar-refractivity contribution in [1.82, 2.24) is 24.5 Å². The van der Waals surface area contributed by atoms with E-state index in [0.717, 1.165) is 16.7 Å². The second-order valence-electron chi connectivity index (χ2n) is 12.5. The van der Waals surface area contributed by atoms with Gasteiger partial charge in [0.05, 0.1) is 16.5 Å². The molecule has 236 valence electrons. The Morgan fingerprint density at radius 2 is 1.47 bits per heavy atom. The first-order valence-corrected chi connectivity index (χ1v) is 16.9. The second-order valence-corrected chi connectivity index (χ2v) is 14.4. The number of aryl methyl sites for hydroxylation is 1. The molecule has 0 unspecified atom stereocenters. The summed E-state index contributed by atoms with van der Waals surface area (Å²) in [7, 11) is -3.69. The smallest absolute Gasteiger partial charge is 0.254 e. The maximum atomic E-state index is 14.8. The number of ketones is 1. The Hall–Kier alpha value is -5.18. The second kappa shape index (κ2) is 11.9. The van der Waals surface area contributed by atoms with Crippen molar-refractivity contribution >= 4 is 21.7 Å².